The molecule has 1 amide bonds. The van der Waals surface area contributed by atoms with Crippen LogP contribution < -0.4 is 5.32 Å². The Bertz CT molecular complexity index is 269. The van der Waals surface area contributed by atoms with E-state index in [9.17, 15) is 9.59 Å². The molecule has 1 atom stereocenters. The van der Waals surface area contributed by atoms with Crippen LogP contribution >= 0.6 is 0 Å². The quantitative estimate of drug-likeness (QED) is 0.716. The highest BCUT2D eigenvalue weighted by molar-refractivity contribution is 5.81. The van der Waals surface area contributed by atoms with Crippen LogP contribution in [0.25, 0.3) is 0 Å². The largest absolute Gasteiger partial charge is 0.481 e. The summed E-state index contributed by atoms with van der Waals surface area (Å²) >= 11 is 0. The number of hydrogen-bond donors (Lipinski definition) is 2. The van der Waals surface area contributed by atoms with Crippen molar-refractivity contribution in [3.05, 3.63) is 0 Å². The van der Waals surface area contributed by atoms with Gasteiger partial charge in [-0.25, -0.2) is 0 Å². The molecular weight excluding hydrogens is 194 g/mol. The summed E-state index contributed by atoms with van der Waals surface area (Å²) in [5.41, 5.74) is 0. The number of carboxylic acids is 1. The standard InChI is InChI=1S/C11H17NO3/c13-10-9(5-6-12-10)7-1-3-8(4-2-7)11(14)15/h7-9H,1-6H2,(H,12,13)(H,14,15). The average Bonchev–Trinajstić information content (AvgIpc) is 2.65. The monoisotopic (exact) mass is 211 g/mol. The topological polar surface area (TPSA) is 66.4 Å². The van der Waals surface area contributed by atoms with Crippen molar-refractivity contribution in [2.24, 2.45) is 17.8 Å². The third-order valence-corrected chi connectivity index (χ3v) is 3.78. The second kappa shape index (κ2) is 4.21. The van der Waals surface area contributed by atoms with Crippen LogP contribution in [0.15, 0.2) is 0 Å². The van der Waals surface area contributed by atoms with Crippen molar-refractivity contribution in [3.8, 4) is 0 Å². The van der Waals surface area contributed by atoms with Crippen molar-refractivity contribution < 1.29 is 14.7 Å². The maximum absolute atomic E-state index is 11.5. The molecule has 2 N–H and O–H groups in total. The molecule has 0 aromatic heterocycles. The van der Waals surface area contributed by atoms with Gasteiger partial charge < -0.3 is 10.4 Å². The smallest absolute Gasteiger partial charge is 0.306 e. The molecule has 0 aromatic rings. The van der Waals surface area contributed by atoms with Gasteiger partial charge in [0.1, 0.15) is 0 Å². The number of carboxylic acid groups (broad SMARTS) is 1. The minimum Gasteiger partial charge on any atom is -0.481 e. The number of aliphatic carboxylic acids is 1. The van der Waals surface area contributed by atoms with E-state index in [1.54, 1.807) is 0 Å². The maximum Gasteiger partial charge on any atom is 0.306 e. The van der Waals surface area contributed by atoms with Gasteiger partial charge in [0.15, 0.2) is 0 Å². The molecule has 1 aliphatic carbocycles. The summed E-state index contributed by atoms with van der Waals surface area (Å²) in [5, 5.41) is 11.7. The zero-order valence-electron chi connectivity index (χ0n) is 8.74. The van der Waals surface area contributed by atoms with Gasteiger partial charge in [-0.15, -0.1) is 0 Å². The average molecular weight is 211 g/mol. The van der Waals surface area contributed by atoms with Gasteiger partial charge in [-0.2, -0.15) is 0 Å². The van der Waals surface area contributed by atoms with Crippen LogP contribution in [0.4, 0.5) is 0 Å². The summed E-state index contributed by atoms with van der Waals surface area (Å²) in [6, 6.07) is 0. The van der Waals surface area contributed by atoms with Crippen LogP contribution in [0.1, 0.15) is 32.1 Å². The molecule has 2 rings (SSSR count). The lowest BCUT2D eigenvalue weighted by molar-refractivity contribution is -0.143. The Morgan fingerprint density at radius 1 is 1.20 bits per heavy atom. The minimum absolute atomic E-state index is 0.153. The zero-order chi connectivity index (χ0) is 10.8. The SMILES string of the molecule is O=C(O)C1CCC(C2CCNC2=O)CC1. The molecule has 84 valence electrons. The van der Waals surface area contributed by atoms with E-state index in [1.807, 2.05) is 0 Å². The molecule has 0 bridgehead atoms. The Morgan fingerprint density at radius 3 is 2.33 bits per heavy atom. The Morgan fingerprint density at radius 2 is 1.87 bits per heavy atom. The first kappa shape index (κ1) is 10.5. The molecule has 2 fully saturated rings. The molecular formula is C11H17NO3. The zero-order valence-corrected chi connectivity index (χ0v) is 8.74. The summed E-state index contributed by atoms with van der Waals surface area (Å²) in [4.78, 5) is 22.2. The van der Waals surface area contributed by atoms with Crippen molar-refractivity contribution in [2.75, 3.05) is 6.54 Å². The molecule has 1 heterocycles. The molecule has 2 aliphatic rings. The minimum atomic E-state index is -0.677. The van der Waals surface area contributed by atoms with E-state index in [2.05, 4.69) is 5.32 Å². The summed E-state index contributed by atoms with van der Waals surface area (Å²) in [6.07, 6.45) is 4.21. The number of nitrogens with one attached hydrogen (secondary N) is 1. The van der Waals surface area contributed by atoms with E-state index in [1.165, 1.54) is 0 Å². The third-order valence-electron chi connectivity index (χ3n) is 3.78. The molecule has 1 saturated carbocycles. The predicted octanol–water partition coefficient (Wildman–Crippen LogP) is 1.01. The Labute approximate surface area is 89.0 Å². The number of amides is 1. The van der Waals surface area contributed by atoms with Gasteiger partial charge in [0.25, 0.3) is 0 Å². The summed E-state index contributed by atoms with van der Waals surface area (Å²) < 4.78 is 0. The summed E-state index contributed by atoms with van der Waals surface area (Å²) in [7, 11) is 0. The van der Waals surface area contributed by atoms with Gasteiger partial charge in [0.05, 0.1) is 5.92 Å². The molecule has 0 aromatic carbocycles. The van der Waals surface area contributed by atoms with Crippen LogP contribution in [0, 0.1) is 17.8 Å². The highest BCUT2D eigenvalue weighted by Crippen LogP contribution is 2.36. The lowest BCUT2D eigenvalue weighted by Crippen LogP contribution is -2.29. The molecule has 4 nitrogen and oxygen atoms in total. The molecule has 1 saturated heterocycles. The molecule has 4 heteroatoms. The van der Waals surface area contributed by atoms with Crippen LogP contribution in [0.2, 0.25) is 0 Å². The first-order valence-corrected chi connectivity index (χ1v) is 5.69. The normalized spacial score (nSPS) is 36.3. The Balaban J connectivity index is 1.87. The van der Waals surface area contributed by atoms with Crippen molar-refractivity contribution in [3.63, 3.8) is 0 Å². The van der Waals surface area contributed by atoms with Crippen LogP contribution in [-0.2, 0) is 9.59 Å². The van der Waals surface area contributed by atoms with Gasteiger partial charge >= 0.3 is 5.97 Å². The van der Waals surface area contributed by atoms with Crippen molar-refractivity contribution in [2.45, 2.75) is 32.1 Å². The number of carbonyl (C=O) groups excluding carboxylic acids is 1. The second-order valence-electron chi connectivity index (χ2n) is 4.64. The molecule has 1 unspecified atom stereocenters. The van der Waals surface area contributed by atoms with Crippen molar-refractivity contribution in [1.82, 2.24) is 5.32 Å². The fraction of sp³-hybridized carbons (Fsp3) is 0.818. The first-order valence-electron chi connectivity index (χ1n) is 5.69. The Kier molecular flexibility index (Phi) is 2.93. The maximum atomic E-state index is 11.5. The van der Waals surface area contributed by atoms with Crippen molar-refractivity contribution in [1.29, 1.82) is 0 Å². The second-order valence-corrected chi connectivity index (χ2v) is 4.64. The molecule has 1 aliphatic heterocycles. The van der Waals surface area contributed by atoms with Crippen LogP contribution in [0.3, 0.4) is 0 Å². The van der Waals surface area contributed by atoms with Gasteiger partial charge in [0.2, 0.25) is 5.91 Å². The third kappa shape index (κ3) is 2.13. The fourth-order valence-corrected chi connectivity index (χ4v) is 2.83. The van der Waals surface area contributed by atoms with Crippen molar-refractivity contribution >= 4 is 11.9 Å². The van der Waals surface area contributed by atoms with Gasteiger partial charge in [-0.1, -0.05) is 0 Å². The van der Waals surface area contributed by atoms with E-state index < -0.39 is 5.97 Å². The van der Waals surface area contributed by atoms with E-state index >= 15 is 0 Å². The first-order chi connectivity index (χ1) is 7.18. The number of hydrogen-bond acceptors (Lipinski definition) is 2. The van der Waals surface area contributed by atoms with Crippen LogP contribution in [0.5, 0.6) is 0 Å². The molecule has 0 radical (unpaired) electrons. The highest BCUT2D eigenvalue weighted by Gasteiger charge is 2.35. The van der Waals surface area contributed by atoms with E-state index in [4.69, 9.17) is 5.11 Å². The summed E-state index contributed by atoms with van der Waals surface area (Å²) in [6.45, 7) is 0.794. The fourth-order valence-electron chi connectivity index (χ4n) is 2.83. The van der Waals surface area contributed by atoms with E-state index in [-0.39, 0.29) is 17.7 Å². The van der Waals surface area contributed by atoms with Gasteiger partial charge in [-0.3, -0.25) is 9.59 Å². The van der Waals surface area contributed by atoms with E-state index in [0.717, 1.165) is 38.6 Å². The van der Waals surface area contributed by atoms with Crippen LogP contribution in [-0.4, -0.2) is 23.5 Å². The molecule has 0 spiro atoms. The predicted molar refractivity (Wildman–Crippen MR) is 54.2 cm³/mol. The summed E-state index contributed by atoms with van der Waals surface area (Å²) in [5.74, 6) is -0.105. The number of rotatable bonds is 2. The highest BCUT2D eigenvalue weighted by atomic mass is 16.4. The van der Waals surface area contributed by atoms with Gasteiger partial charge in [-0.05, 0) is 38.0 Å². The number of carbonyl (C=O) groups is 2. The van der Waals surface area contributed by atoms with E-state index in [0.29, 0.717) is 5.92 Å². The lowest BCUT2D eigenvalue weighted by Gasteiger charge is -2.28. The lowest BCUT2D eigenvalue weighted by atomic mass is 9.75. The van der Waals surface area contributed by atoms with Gasteiger partial charge in [0, 0.05) is 12.5 Å². The molecule has 15 heavy (non-hydrogen) atoms. The Hall–Kier alpha value is -1.06.